The van der Waals surface area contributed by atoms with E-state index in [2.05, 4.69) is 10.6 Å². The molecule has 1 fully saturated rings. The number of hydrogen-bond donors (Lipinski definition) is 2. The number of amides is 1. The van der Waals surface area contributed by atoms with Crippen molar-refractivity contribution in [3.63, 3.8) is 0 Å². The number of nitrogens with zero attached hydrogens (tertiary/aromatic N) is 2. The zero-order valence-electron chi connectivity index (χ0n) is 16.2. The number of aryl methyl sites for hydroxylation is 1. The highest BCUT2D eigenvalue weighted by atomic mass is 19.1. The van der Waals surface area contributed by atoms with Crippen LogP contribution in [0.4, 0.5) is 4.39 Å². The fourth-order valence-electron chi connectivity index (χ4n) is 3.15. The smallest absolute Gasteiger partial charge is 0.251 e. The zero-order valence-corrected chi connectivity index (χ0v) is 16.2. The fraction of sp³-hybridized carbons (Fsp3) is 0.381. The summed E-state index contributed by atoms with van der Waals surface area (Å²) < 4.78 is 21.5. The van der Waals surface area contributed by atoms with Gasteiger partial charge in [0, 0.05) is 38.9 Å². The molecule has 1 unspecified atom stereocenters. The molecule has 1 amide bonds. The van der Waals surface area contributed by atoms with Crippen LogP contribution in [0.2, 0.25) is 0 Å². The monoisotopic (exact) mass is 398 g/mol. The number of rotatable bonds is 5. The minimum absolute atomic E-state index is 0.0434. The van der Waals surface area contributed by atoms with Crippen LogP contribution in [-0.4, -0.2) is 42.3 Å². The second-order valence-electron chi connectivity index (χ2n) is 6.98. The first-order valence-corrected chi connectivity index (χ1v) is 9.45. The van der Waals surface area contributed by atoms with E-state index >= 15 is 0 Å². The summed E-state index contributed by atoms with van der Waals surface area (Å²) in [5.74, 6) is -0.855. The largest absolute Gasteiger partial charge is 0.367 e. The van der Waals surface area contributed by atoms with Crippen molar-refractivity contribution in [2.45, 2.75) is 25.0 Å². The summed E-state index contributed by atoms with van der Waals surface area (Å²) >= 11 is 0. The van der Waals surface area contributed by atoms with Crippen LogP contribution >= 0.6 is 0 Å². The number of nitriles is 1. The molecule has 0 saturated carbocycles. The van der Waals surface area contributed by atoms with Crippen molar-refractivity contribution in [2.75, 3.05) is 19.7 Å². The lowest BCUT2D eigenvalue weighted by Gasteiger charge is -2.18. The van der Waals surface area contributed by atoms with Gasteiger partial charge >= 0.3 is 0 Å². The SMILES string of the molecule is Cn1cc(-c2ccc(C[C@@H](C#N)NC(=O)C3CNCCCO3)c(F)c2)ccc1=O. The molecule has 1 aliphatic rings. The average Bonchev–Trinajstić information content (AvgIpc) is 3.00. The standard InChI is InChI=1S/C21H23FN4O3/c1-26-13-16(5-6-20(26)27)14-3-4-15(18(22)10-14)9-17(11-23)25-21(28)19-12-24-7-2-8-29-19/h3-6,10,13,17,19,24H,2,7-9,12H2,1H3,(H,25,28)/t17-,19?/m0/s1. The van der Waals surface area contributed by atoms with Crippen LogP contribution in [0.25, 0.3) is 11.1 Å². The summed E-state index contributed by atoms with van der Waals surface area (Å²) in [6.45, 7) is 1.63. The molecule has 0 aliphatic carbocycles. The molecule has 2 atom stereocenters. The highest BCUT2D eigenvalue weighted by Gasteiger charge is 2.24. The number of nitrogens with one attached hydrogen (secondary N) is 2. The van der Waals surface area contributed by atoms with Crippen molar-refractivity contribution >= 4 is 5.91 Å². The summed E-state index contributed by atoms with van der Waals surface area (Å²) in [5, 5.41) is 15.1. The Hall–Kier alpha value is -3.02. The van der Waals surface area contributed by atoms with E-state index in [1.165, 1.54) is 16.7 Å². The van der Waals surface area contributed by atoms with Crippen molar-refractivity contribution in [3.8, 4) is 17.2 Å². The van der Waals surface area contributed by atoms with Crippen LogP contribution in [0.1, 0.15) is 12.0 Å². The van der Waals surface area contributed by atoms with E-state index in [9.17, 15) is 19.2 Å². The summed E-state index contributed by atoms with van der Waals surface area (Å²) in [6.07, 6.45) is 1.83. The van der Waals surface area contributed by atoms with Crippen LogP contribution in [0, 0.1) is 17.1 Å². The van der Waals surface area contributed by atoms with Gasteiger partial charge in [0.15, 0.2) is 0 Å². The molecule has 2 aromatic rings. The topological polar surface area (TPSA) is 96.2 Å². The van der Waals surface area contributed by atoms with Gasteiger partial charge in [-0.1, -0.05) is 12.1 Å². The lowest BCUT2D eigenvalue weighted by Crippen LogP contribution is -2.46. The molecule has 152 valence electrons. The number of pyridine rings is 1. The first-order chi connectivity index (χ1) is 14.0. The van der Waals surface area contributed by atoms with Crippen molar-refractivity contribution < 1.29 is 13.9 Å². The van der Waals surface area contributed by atoms with E-state index in [1.54, 1.807) is 31.4 Å². The Labute approximate surface area is 168 Å². The first kappa shape index (κ1) is 20.7. The maximum atomic E-state index is 14.6. The Morgan fingerprint density at radius 1 is 1.41 bits per heavy atom. The van der Waals surface area contributed by atoms with Gasteiger partial charge in [0.1, 0.15) is 18.0 Å². The van der Waals surface area contributed by atoms with Crippen molar-refractivity contribution in [1.82, 2.24) is 15.2 Å². The summed E-state index contributed by atoms with van der Waals surface area (Å²) in [4.78, 5) is 23.9. The number of halogens is 1. The summed E-state index contributed by atoms with van der Waals surface area (Å²) in [6, 6.07) is 8.89. The number of carbonyl (C=O) groups excluding carboxylic acids is 1. The zero-order chi connectivity index (χ0) is 20.8. The van der Waals surface area contributed by atoms with Gasteiger partial charge < -0.3 is 19.9 Å². The Morgan fingerprint density at radius 3 is 2.93 bits per heavy atom. The summed E-state index contributed by atoms with van der Waals surface area (Å²) in [7, 11) is 1.63. The lowest BCUT2D eigenvalue weighted by molar-refractivity contribution is -0.132. The van der Waals surface area contributed by atoms with E-state index in [0.29, 0.717) is 29.8 Å². The Bertz CT molecular complexity index is 975. The summed E-state index contributed by atoms with van der Waals surface area (Å²) in [5.41, 5.74) is 1.51. The average molecular weight is 398 g/mol. The van der Waals surface area contributed by atoms with Crippen LogP contribution in [0.3, 0.4) is 0 Å². The lowest BCUT2D eigenvalue weighted by atomic mass is 10.0. The predicted octanol–water partition coefficient (Wildman–Crippen LogP) is 1.12. The van der Waals surface area contributed by atoms with E-state index in [4.69, 9.17) is 4.74 Å². The van der Waals surface area contributed by atoms with E-state index in [1.807, 2.05) is 6.07 Å². The molecule has 1 saturated heterocycles. The van der Waals surface area contributed by atoms with Crippen molar-refractivity contribution in [2.24, 2.45) is 7.05 Å². The number of aromatic nitrogens is 1. The van der Waals surface area contributed by atoms with Gasteiger partial charge in [0.25, 0.3) is 5.91 Å². The molecule has 0 spiro atoms. The van der Waals surface area contributed by atoms with Crippen LogP contribution in [0.5, 0.6) is 0 Å². The van der Waals surface area contributed by atoms with Crippen molar-refractivity contribution in [1.29, 1.82) is 5.26 Å². The third-order valence-electron chi connectivity index (χ3n) is 4.81. The van der Waals surface area contributed by atoms with Gasteiger partial charge in [-0.25, -0.2) is 4.39 Å². The van der Waals surface area contributed by atoms with Gasteiger partial charge in [0.05, 0.1) is 6.07 Å². The number of carbonyl (C=O) groups is 1. The fourth-order valence-corrected chi connectivity index (χ4v) is 3.15. The maximum Gasteiger partial charge on any atom is 0.251 e. The second kappa shape index (κ2) is 9.45. The van der Waals surface area contributed by atoms with Crippen molar-refractivity contribution in [3.05, 3.63) is 58.3 Å². The first-order valence-electron chi connectivity index (χ1n) is 9.45. The molecule has 2 N–H and O–H groups in total. The minimum atomic E-state index is -0.868. The van der Waals surface area contributed by atoms with Crippen LogP contribution in [0.15, 0.2) is 41.3 Å². The van der Waals surface area contributed by atoms with E-state index in [-0.39, 0.29) is 17.9 Å². The van der Waals surface area contributed by atoms with E-state index in [0.717, 1.165) is 13.0 Å². The molecule has 8 heteroatoms. The molecule has 29 heavy (non-hydrogen) atoms. The highest BCUT2D eigenvalue weighted by Crippen LogP contribution is 2.21. The number of ether oxygens (including phenoxy) is 1. The molecular formula is C21H23FN4O3. The Kier molecular flexibility index (Phi) is 6.75. The Balaban J connectivity index is 1.69. The quantitative estimate of drug-likeness (QED) is 0.787. The van der Waals surface area contributed by atoms with E-state index < -0.39 is 18.0 Å². The second-order valence-corrected chi connectivity index (χ2v) is 6.98. The maximum absolute atomic E-state index is 14.6. The third kappa shape index (κ3) is 5.28. The molecule has 0 bridgehead atoms. The van der Waals surface area contributed by atoms with Gasteiger partial charge in [-0.05, 0) is 41.8 Å². The molecule has 2 heterocycles. The molecule has 7 nitrogen and oxygen atoms in total. The Morgan fingerprint density at radius 2 is 2.21 bits per heavy atom. The molecule has 3 rings (SSSR count). The van der Waals surface area contributed by atoms with Crippen LogP contribution < -0.4 is 16.2 Å². The normalized spacial score (nSPS) is 17.8. The number of hydrogen-bond acceptors (Lipinski definition) is 5. The van der Waals surface area contributed by atoms with Gasteiger partial charge in [-0.3, -0.25) is 9.59 Å². The highest BCUT2D eigenvalue weighted by molar-refractivity contribution is 5.81. The van der Waals surface area contributed by atoms with Gasteiger partial charge in [-0.2, -0.15) is 5.26 Å². The molecule has 1 aliphatic heterocycles. The molecule has 1 aromatic carbocycles. The molecule has 0 radical (unpaired) electrons. The van der Waals surface area contributed by atoms with Crippen LogP contribution in [-0.2, 0) is 23.0 Å². The number of benzene rings is 1. The minimum Gasteiger partial charge on any atom is -0.367 e. The van der Waals surface area contributed by atoms with Gasteiger partial charge in [-0.15, -0.1) is 0 Å². The van der Waals surface area contributed by atoms with Gasteiger partial charge in [0.2, 0.25) is 5.56 Å². The predicted molar refractivity (Wildman–Crippen MR) is 106 cm³/mol. The third-order valence-corrected chi connectivity index (χ3v) is 4.81. The molecular weight excluding hydrogens is 375 g/mol. The molecule has 1 aromatic heterocycles.